The minimum absolute atomic E-state index is 0.192. The van der Waals surface area contributed by atoms with Crippen LogP contribution in [0.1, 0.15) is 32.3 Å². The SMILES string of the molecule is CC(C)(C)OC(=O)NC1CNCC1c1cc(F)cc(F)c1. The van der Waals surface area contributed by atoms with Gasteiger partial charge in [-0.1, -0.05) is 0 Å². The molecule has 0 radical (unpaired) electrons. The number of nitrogens with one attached hydrogen (secondary N) is 2. The number of hydrogen-bond acceptors (Lipinski definition) is 3. The Morgan fingerprint density at radius 3 is 2.43 bits per heavy atom. The van der Waals surface area contributed by atoms with Gasteiger partial charge < -0.3 is 15.4 Å². The summed E-state index contributed by atoms with van der Waals surface area (Å²) in [4.78, 5) is 11.8. The van der Waals surface area contributed by atoms with E-state index >= 15 is 0 Å². The van der Waals surface area contributed by atoms with Gasteiger partial charge in [-0.25, -0.2) is 13.6 Å². The van der Waals surface area contributed by atoms with Crippen molar-refractivity contribution in [2.24, 2.45) is 0 Å². The maximum absolute atomic E-state index is 13.3. The zero-order valence-electron chi connectivity index (χ0n) is 12.4. The summed E-state index contributed by atoms with van der Waals surface area (Å²) >= 11 is 0. The molecular weight excluding hydrogens is 278 g/mol. The smallest absolute Gasteiger partial charge is 0.407 e. The minimum atomic E-state index is -0.618. The fourth-order valence-electron chi connectivity index (χ4n) is 2.43. The summed E-state index contributed by atoms with van der Waals surface area (Å²) < 4.78 is 31.8. The van der Waals surface area contributed by atoms with E-state index in [4.69, 9.17) is 4.74 Å². The molecule has 0 saturated carbocycles. The van der Waals surface area contributed by atoms with Crippen molar-refractivity contribution in [3.63, 3.8) is 0 Å². The molecule has 2 N–H and O–H groups in total. The van der Waals surface area contributed by atoms with Crippen LogP contribution in [0.25, 0.3) is 0 Å². The molecule has 0 bridgehead atoms. The largest absolute Gasteiger partial charge is 0.444 e. The molecule has 0 aromatic heterocycles. The van der Waals surface area contributed by atoms with Crippen molar-refractivity contribution in [1.82, 2.24) is 10.6 Å². The summed E-state index contributed by atoms with van der Waals surface area (Å²) in [6.07, 6.45) is -0.530. The highest BCUT2D eigenvalue weighted by atomic mass is 19.1. The lowest BCUT2D eigenvalue weighted by Crippen LogP contribution is -2.42. The molecule has 0 spiro atoms. The van der Waals surface area contributed by atoms with Gasteiger partial charge in [0, 0.05) is 25.1 Å². The molecule has 2 rings (SSSR count). The Bertz CT molecular complexity index is 509. The van der Waals surface area contributed by atoms with Crippen LogP contribution in [0.5, 0.6) is 0 Å². The van der Waals surface area contributed by atoms with Crippen LogP contribution in [0.4, 0.5) is 13.6 Å². The fraction of sp³-hybridized carbons (Fsp3) is 0.533. The number of benzene rings is 1. The Hall–Kier alpha value is -1.69. The fourth-order valence-corrected chi connectivity index (χ4v) is 2.43. The summed E-state index contributed by atoms with van der Waals surface area (Å²) in [5, 5.41) is 5.87. The van der Waals surface area contributed by atoms with Gasteiger partial charge in [0.15, 0.2) is 0 Å². The Morgan fingerprint density at radius 1 is 1.24 bits per heavy atom. The molecule has 2 atom stereocenters. The number of halogens is 2. The number of hydrogen-bond donors (Lipinski definition) is 2. The van der Waals surface area contributed by atoms with Crippen LogP contribution in [-0.4, -0.2) is 30.8 Å². The molecule has 1 saturated heterocycles. The van der Waals surface area contributed by atoms with Crippen LogP contribution in [0.3, 0.4) is 0 Å². The van der Waals surface area contributed by atoms with E-state index in [9.17, 15) is 13.6 Å². The van der Waals surface area contributed by atoms with Crippen LogP contribution in [0.15, 0.2) is 18.2 Å². The first-order valence-corrected chi connectivity index (χ1v) is 6.91. The first-order chi connectivity index (χ1) is 9.74. The van der Waals surface area contributed by atoms with E-state index in [-0.39, 0.29) is 12.0 Å². The topological polar surface area (TPSA) is 50.4 Å². The number of amides is 1. The third-order valence-electron chi connectivity index (χ3n) is 3.23. The molecule has 21 heavy (non-hydrogen) atoms. The van der Waals surface area contributed by atoms with Gasteiger partial charge in [-0.15, -0.1) is 0 Å². The molecular formula is C15H20F2N2O2. The summed E-state index contributed by atoms with van der Waals surface area (Å²) in [6, 6.07) is 3.16. The van der Waals surface area contributed by atoms with Crippen LogP contribution in [0.2, 0.25) is 0 Å². The van der Waals surface area contributed by atoms with E-state index in [0.717, 1.165) is 6.07 Å². The Labute approximate surface area is 122 Å². The van der Waals surface area contributed by atoms with Crippen molar-refractivity contribution in [1.29, 1.82) is 0 Å². The third kappa shape index (κ3) is 4.39. The summed E-state index contributed by atoms with van der Waals surface area (Å²) in [5.74, 6) is -1.43. The zero-order valence-corrected chi connectivity index (χ0v) is 12.4. The summed E-state index contributed by atoms with van der Waals surface area (Å²) in [6.45, 7) is 6.40. The lowest BCUT2D eigenvalue weighted by Gasteiger charge is -2.24. The maximum Gasteiger partial charge on any atom is 0.407 e. The van der Waals surface area contributed by atoms with E-state index in [2.05, 4.69) is 10.6 Å². The highest BCUT2D eigenvalue weighted by Gasteiger charge is 2.31. The average Bonchev–Trinajstić information content (AvgIpc) is 2.72. The van der Waals surface area contributed by atoms with Crippen LogP contribution >= 0.6 is 0 Å². The standard InChI is InChI=1S/C15H20F2N2O2/c1-15(2,3)21-14(20)19-13-8-18-7-12(13)9-4-10(16)6-11(17)5-9/h4-6,12-13,18H,7-8H2,1-3H3,(H,19,20). The molecule has 1 aliphatic rings. The number of carbonyl (C=O) groups is 1. The Kier molecular flexibility index (Phi) is 4.46. The van der Waals surface area contributed by atoms with Gasteiger partial charge in [0.25, 0.3) is 0 Å². The molecule has 116 valence electrons. The van der Waals surface area contributed by atoms with Crippen molar-refractivity contribution in [3.8, 4) is 0 Å². The van der Waals surface area contributed by atoms with Gasteiger partial charge >= 0.3 is 6.09 Å². The molecule has 1 aliphatic heterocycles. The predicted octanol–water partition coefficient (Wildman–Crippen LogP) is 2.54. The number of ether oxygens (including phenoxy) is 1. The average molecular weight is 298 g/mol. The molecule has 1 amide bonds. The second kappa shape index (κ2) is 5.97. The van der Waals surface area contributed by atoms with Gasteiger partial charge in [0.1, 0.15) is 17.2 Å². The molecule has 1 heterocycles. The van der Waals surface area contributed by atoms with Crippen molar-refractivity contribution in [2.45, 2.75) is 38.3 Å². The van der Waals surface area contributed by atoms with Crippen molar-refractivity contribution >= 4 is 6.09 Å². The van der Waals surface area contributed by atoms with E-state index in [1.165, 1.54) is 12.1 Å². The normalized spacial score (nSPS) is 22.1. The first kappa shape index (κ1) is 15.7. The molecule has 1 fully saturated rings. The highest BCUT2D eigenvalue weighted by molar-refractivity contribution is 5.68. The monoisotopic (exact) mass is 298 g/mol. The van der Waals surface area contributed by atoms with Gasteiger partial charge in [-0.2, -0.15) is 0 Å². The van der Waals surface area contributed by atoms with E-state index < -0.39 is 23.3 Å². The van der Waals surface area contributed by atoms with E-state index in [0.29, 0.717) is 18.7 Å². The maximum atomic E-state index is 13.3. The van der Waals surface area contributed by atoms with Crippen molar-refractivity contribution < 1.29 is 18.3 Å². The van der Waals surface area contributed by atoms with Crippen LogP contribution in [0, 0.1) is 11.6 Å². The Morgan fingerprint density at radius 2 is 1.86 bits per heavy atom. The first-order valence-electron chi connectivity index (χ1n) is 6.91. The third-order valence-corrected chi connectivity index (χ3v) is 3.23. The Balaban J connectivity index is 2.08. The van der Waals surface area contributed by atoms with Gasteiger partial charge in [0.2, 0.25) is 0 Å². The van der Waals surface area contributed by atoms with Crippen molar-refractivity contribution in [2.75, 3.05) is 13.1 Å². The minimum Gasteiger partial charge on any atom is -0.444 e. The molecule has 6 heteroatoms. The van der Waals surface area contributed by atoms with E-state index in [1.807, 2.05) is 0 Å². The number of alkyl carbamates (subject to hydrolysis) is 1. The second-order valence-corrected chi connectivity index (χ2v) is 6.22. The van der Waals surface area contributed by atoms with Gasteiger partial charge in [0.05, 0.1) is 6.04 Å². The van der Waals surface area contributed by atoms with Crippen LogP contribution in [-0.2, 0) is 4.74 Å². The lowest BCUT2D eigenvalue weighted by atomic mass is 9.94. The predicted molar refractivity (Wildman–Crippen MR) is 75.1 cm³/mol. The second-order valence-electron chi connectivity index (χ2n) is 6.22. The number of carbonyl (C=O) groups excluding carboxylic acids is 1. The molecule has 2 unspecified atom stereocenters. The quantitative estimate of drug-likeness (QED) is 0.882. The number of rotatable bonds is 2. The molecule has 4 nitrogen and oxygen atoms in total. The lowest BCUT2D eigenvalue weighted by molar-refractivity contribution is 0.0504. The zero-order chi connectivity index (χ0) is 15.6. The summed E-state index contributed by atoms with van der Waals surface area (Å²) in [5.41, 5.74) is -0.0603. The molecule has 0 aliphatic carbocycles. The van der Waals surface area contributed by atoms with E-state index in [1.54, 1.807) is 20.8 Å². The molecule has 1 aromatic carbocycles. The molecule has 1 aromatic rings. The van der Waals surface area contributed by atoms with Crippen molar-refractivity contribution in [3.05, 3.63) is 35.4 Å². The van der Waals surface area contributed by atoms with Gasteiger partial charge in [-0.05, 0) is 38.5 Å². The summed E-state index contributed by atoms with van der Waals surface area (Å²) in [7, 11) is 0. The van der Waals surface area contributed by atoms with Crippen LogP contribution < -0.4 is 10.6 Å². The van der Waals surface area contributed by atoms with Gasteiger partial charge in [-0.3, -0.25) is 0 Å². The highest BCUT2D eigenvalue weighted by Crippen LogP contribution is 2.25.